The summed E-state index contributed by atoms with van der Waals surface area (Å²) in [5.74, 6) is -0.0234. The minimum Gasteiger partial charge on any atom is -0.394 e. The van der Waals surface area contributed by atoms with Crippen LogP contribution in [0.15, 0.2) is 0 Å². The molecule has 0 radical (unpaired) electrons. The van der Waals surface area contributed by atoms with Crippen LogP contribution in [0.4, 0.5) is 0 Å². The Bertz CT molecular complexity index is 137. The van der Waals surface area contributed by atoms with Gasteiger partial charge < -0.3 is 14.7 Å². The highest BCUT2D eigenvalue weighted by atomic mass is 16.5. The zero-order valence-corrected chi connectivity index (χ0v) is 5.91. The molecule has 0 aliphatic carbocycles. The number of ether oxygens (including phenoxy) is 1. The third-order valence-corrected chi connectivity index (χ3v) is 1.55. The van der Waals surface area contributed by atoms with Crippen LogP contribution in [0.2, 0.25) is 0 Å². The third-order valence-electron chi connectivity index (χ3n) is 1.55. The van der Waals surface area contributed by atoms with Crippen LogP contribution in [0.3, 0.4) is 0 Å². The van der Waals surface area contributed by atoms with Crippen LogP contribution in [0, 0.1) is 0 Å². The molecule has 1 aliphatic heterocycles. The molecule has 1 rings (SSSR count). The number of rotatable bonds is 1. The maximum absolute atomic E-state index is 10.8. The van der Waals surface area contributed by atoms with E-state index in [-0.39, 0.29) is 25.2 Å². The summed E-state index contributed by atoms with van der Waals surface area (Å²) in [6.07, 6.45) is -0.192. The molecule has 1 aliphatic rings. The first kappa shape index (κ1) is 7.50. The van der Waals surface area contributed by atoms with Gasteiger partial charge in [0, 0.05) is 13.6 Å². The van der Waals surface area contributed by atoms with Crippen LogP contribution < -0.4 is 0 Å². The number of likely N-dealkylation sites (N-methyl/N-ethyl adjacent to an activating group) is 1. The molecule has 0 saturated carbocycles. The number of aliphatic hydroxyl groups excluding tert-OH is 1. The van der Waals surface area contributed by atoms with Crippen molar-refractivity contribution in [2.24, 2.45) is 0 Å². The van der Waals surface area contributed by atoms with Crippen molar-refractivity contribution in [3.8, 4) is 0 Å². The Balaban J connectivity index is 2.40. The van der Waals surface area contributed by atoms with E-state index < -0.39 is 0 Å². The van der Waals surface area contributed by atoms with Gasteiger partial charge in [0.1, 0.15) is 6.61 Å². The standard InChI is InChI=1S/C6H11NO3/c1-7-2-5(3-8)10-4-6(7)9/h5,8H,2-4H2,1H3/t5-/m0/s1. The van der Waals surface area contributed by atoms with E-state index in [1.54, 1.807) is 11.9 Å². The van der Waals surface area contributed by atoms with Crippen LogP contribution in [0.25, 0.3) is 0 Å². The Kier molecular flexibility index (Phi) is 2.24. The van der Waals surface area contributed by atoms with Gasteiger partial charge in [0.25, 0.3) is 0 Å². The molecule has 1 atom stereocenters. The summed E-state index contributed by atoms with van der Waals surface area (Å²) in [5.41, 5.74) is 0. The molecular formula is C6H11NO3. The monoisotopic (exact) mass is 145 g/mol. The molecule has 0 spiro atoms. The van der Waals surface area contributed by atoms with Crippen molar-refractivity contribution >= 4 is 5.91 Å². The SMILES string of the molecule is CN1C[C@@H](CO)OCC1=O. The van der Waals surface area contributed by atoms with Gasteiger partial charge in [-0.15, -0.1) is 0 Å². The van der Waals surface area contributed by atoms with E-state index >= 15 is 0 Å². The van der Waals surface area contributed by atoms with Gasteiger partial charge in [-0.1, -0.05) is 0 Å². The summed E-state index contributed by atoms with van der Waals surface area (Å²) >= 11 is 0. The molecule has 1 saturated heterocycles. The summed E-state index contributed by atoms with van der Waals surface area (Å²) in [4.78, 5) is 12.3. The molecule has 0 aromatic heterocycles. The topological polar surface area (TPSA) is 49.8 Å². The third kappa shape index (κ3) is 1.46. The fourth-order valence-electron chi connectivity index (χ4n) is 0.870. The van der Waals surface area contributed by atoms with Gasteiger partial charge >= 0.3 is 0 Å². The van der Waals surface area contributed by atoms with Crippen LogP contribution in [-0.2, 0) is 9.53 Å². The zero-order valence-electron chi connectivity index (χ0n) is 5.91. The molecule has 4 nitrogen and oxygen atoms in total. The molecule has 1 fully saturated rings. The molecule has 1 amide bonds. The number of hydrogen-bond donors (Lipinski definition) is 1. The summed E-state index contributed by atoms with van der Waals surface area (Å²) in [6.45, 7) is 0.578. The van der Waals surface area contributed by atoms with Gasteiger partial charge in [-0.05, 0) is 0 Å². The van der Waals surface area contributed by atoms with Crippen molar-refractivity contribution in [2.45, 2.75) is 6.10 Å². The number of nitrogens with zero attached hydrogens (tertiary/aromatic N) is 1. The lowest BCUT2D eigenvalue weighted by molar-refractivity contribution is -0.148. The fraction of sp³-hybridized carbons (Fsp3) is 0.833. The van der Waals surface area contributed by atoms with Gasteiger partial charge in [0.05, 0.1) is 12.7 Å². The number of carbonyl (C=O) groups excluding carboxylic acids is 1. The molecule has 1 heterocycles. The van der Waals surface area contributed by atoms with E-state index in [1.807, 2.05) is 0 Å². The average Bonchev–Trinajstić information content (AvgIpc) is 1.95. The van der Waals surface area contributed by atoms with Crippen molar-refractivity contribution in [3.05, 3.63) is 0 Å². The second-order valence-corrected chi connectivity index (χ2v) is 2.39. The van der Waals surface area contributed by atoms with Gasteiger partial charge in [0.15, 0.2) is 0 Å². The van der Waals surface area contributed by atoms with Crippen LogP contribution >= 0.6 is 0 Å². The first-order valence-electron chi connectivity index (χ1n) is 3.20. The molecule has 4 heteroatoms. The zero-order chi connectivity index (χ0) is 7.56. The predicted molar refractivity (Wildman–Crippen MR) is 34.5 cm³/mol. The van der Waals surface area contributed by atoms with Crippen LogP contribution in [0.5, 0.6) is 0 Å². The van der Waals surface area contributed by atoms with Crippen molar-refractivity contribution in [1.82, 2.24) is 4.90 Å². The van der Waals surface area contributed by atoms with Crippen molar-refractivity contribution in [3.63, 3.8) is 0 Å². The molecule has 10 heavy (non-hydrogen) atoms. The number of morpholine rings is 1. The van der Waals surface area contributed by atoms with E-state index in [0.29, 0.717) is 6.54 Å². The molecule has 0 unspecified atom stereocenters. The van der Waals surface area contributed by atoms with Gasteiger partial charge in [0.2, 0.25) is 5.91 Å². The summed E-state index contributed by atoms with van der Waals surface area (Å²) in [7, 11) is 1.70. The predicted octanol–water partition coefficient (Wildman–Crippen LogP) is -1.16. The number of hydrogen-bond acceptors (Lipinski definition) is 3. The highest BCUT2D eigenvalue weighted by Gasteiger charge is 2.22. The molecule has 0 bridgehead atoms. The van der Waals surface area contributed by atoms with E-state index in [9.17, 15) is 4.79 Å². The molecule has 1 N–H and O–H groups in total. The average molecular weight is 145 g/mol. The number of carbonyl (C=O) groups is 1. The lowest BCUT2D eigenvalue weighted by Gasteiger charge is -2.28. The van der Waals surface area contributed by atoms with E-state index in [1.165, 1.54) is 0 Å². The minimum absolute atomic E-state index is 0.0162. The maximum Gasteiger partial charge on any atom is 0.248 e. The smallest absolute Gasteiger partial charge is 0.248 e. The van der Waals surface area contributed by atoms with Crippen molar-refractivity contribution < 1.29 is 14.6 Å². The molecular weight excluding hydrogens is 134 g/mol. The minimum atomic E-state index is -0.192. The van der Waals surface area contributed by atoms with Crippen LogP contribution in [-0.4, -0.2) is 48.8 Å². The quantitative estimate of drug-likeness (QED) is 0.506. The van der Waals surface area contributed by atoms with Gasteiger partial charge in [-0.25, -0.2) is 0 Å². The number of amides is 1. The summed E-state index contributed by atoms with van der Waals surface area (Å²) in [6, 6.07) is 0. The van der Waals surface area contributed by atoms with Gasteiger partial charge in [-0.2, -0.15) is 0 Å². The van der Waals surface area contributed by atoms with Crippen molar-refractivity contribution in [1.29, 1.82) is 0 Å². The van der Waals surface area contributed by atoms with E-state index in [0.717, 1.165) is 0 Å². The number of aliphatic hydroxyl groups is 1. The Labute approximate surface area is 59.4 Å². The Morgan fingerprint density at radius 1 is 1.90 bits per heavy atom. The normalized spacial score (nSPS) is 27.2. The molecule has 58 valence electrons. The highest BCUT2D eigenvalue weighted by molar-refractivity contribution is 5.77. The maximum atomic E-state index is 10.8. The Morgan fingerprint density at radius 3 is 3.10 bits per heavy atom. The summed E-state index contributed by atoms with van der Waals surface area (Å²) < 4.78 is 4.97. The van der Waals surface area contributed by atoms with Gasteiger partial charge in [-0.3, -0.25) is 4.79 Å². The van der Waals surface area contributed by atoms with Crippen LogP contribution in [0.1, 0.15) is 0 Å². The molecule has 0 aromatic carbocycles. The van der Waals surface area contributed by atoms with Crippen molar-refractivity contribution in [2.75, 3.05) is 26.8 Å². The fourth-order valence-corrected chi connectivity index (χ4v) is 0.870. The first-order chi connectivity index (χ1) is 4.74. The highest BCUT2D eigenvalue weighted by Crippen LogP contribution is 2.02. The molecule has 0 aromatic rings. The Morgan fingerprint density at radius 2 is 2.60 bits per heavy atom. The second kappa shape index (κ2) is 2.98. The largest absolute Gasteiger partial charge is 0.394 e. The second-order valence-electron chi connectivity index (χ2n) is 2.39. The lowest BCUT2D eigenvalue weighted by atomic mass is 10.3. The first-order valence-corrected chi connectivity index (χ1v) is 3.20. The summed E-state index contributed by atoms with van der Waals surface area (Å²) in [5, 5.41) is 8.63. The van der Waals surface area contributed by atoms with E-state index in [2.05, 4.69) is 0 Å². The lowest BCUT2D eigenvalue weighted by Crippen LogP contribution is -2.45. The Hall–Kier alpha value is -0.610. The van der Waals surface area contributed by atoms with E-state index in [4.69, 9.17) is 9.84 Å².